The molecule has 0 radical (unpaired) electrons. The average molecular weight is 413 g/mol. The largest absolute Gasteiger partial charge is 0.295 e. The zero-order valence-corrected chi connectivity index (χ0v) is 20.8. The maximum atomic E-state index is 12.1. The third kappa shape index (κ3) is 3.65. The Balaban J connectivity index is 1.47. The molecule has 0 amide bonds. The molecule has 1 nitrogen and oxygen atoms in total. The Morgan fingerprint density at radius 3 is 2.47 bits per heavy atom. The van der Waals surface area contributed by atoms with Crippen molar-refractivity contribution in [3.8, 4) is 0 Å². The van der Waals surface area contributed by atoms with Crippen molar-refractivity contribution >= 4 is 5.78 Å². The fourth-order valence-corrected chi connectivity index (χ4v) is 9.30. The highest BCUT2D eigenvalue weighted by Gasteiger charge is 2.59. The summed E-state index contributed by atoms with van der Waals surface area (Å²) in [6, 6.07) is 0. The van der Waals surface area contributed by atoms with Crippen molar-refractivity contribution in [2.75, 3.05) is 0 Å². The molecule has 4 rings (SSSR count). The van der Waals surface area contributed by atoms with Crippen molar-refractivity contribution in [2.45, 2.75) is 106 Å². The molecule has 170 valence electrons. The number of carbonyl (C=O) groups excluding carboxylic acids is 1. The Hall–Kier alpha value is -0.590. The van der Waals surface area contributed by atoms with Crippen LogP contribution in [0.25, 0.3) is 0 Å². The molecule has 9 atom stereocenters. The Bertz CT molecular complexity index is 661. The van der Waals surface area contributed by atoms with Crippen molar-refractivity contribution in [2.24, 2.45) is 58.2 Å². The predicted molar refractivity (Wildman–Crippen MR) is 127 cm³/mol. The molecule has 0 aromatic rings. The predicted octanol–water partition coefficient (Wildman–Crippen LogP) is 8.09. The van der Waals surface area contributed by atoms with Crippen LogP contribution in [0, 0.1) is 58.2 Å². The van der Waals surface area contributed by atoms with E-state index in [-0.39, 0.29) is 5.41 Å². The van der Waals surface area contributed by atoms with Gasteiger partial charge in [0.2, 0.25) is 0 Å². The lowest BCUT2D eigenvalue weighted by Gasteiger charge is -2.59. The van der Waals surface area contributed by atoms with E-state index in [0.717, 1.165) is 47.8 Å². The van der Waals surface area contributed by atoms with Crippen LogP contribution in [0.1, 0.15) is 106 Å². The van der Waals surface area contributed by atoms with Gasteiger partial charge in [0.25, 0.3) is 0 Å². The van der Waals surface area contributed by atoms with Crippen molar-refractivity contribution in [3.05, 3.63) is 12.2 Å². The topological polar surface area (TPSA) is 17.1 Å². The quantitative estimate of drug-likeness (QED) is 0.431. The first-order valence-corrected chi connectivity index (χ1v) is 13.4. The van der Waals surface area contributed by atoms with Gasteiger partial charge < -0.3 is 0 Å². The summed E-state index contributed by atoms with van der Waals surface area (Å²) < 4.78 is 0. The Labute approximate surface area is 186 Å². The van der Waals surface area contributed by atoms with Gasteiger partial charge in [-0.2, -0.15) is 0 Å². The van der Waals surface area contributed by atoms with E-state index >= 15 is 0 Å². The lowest BCUT2D eigenvalue weighted by molar-refractivity contribution is -0.122. The average Bonchev–Trinajstić information content (AvgIpc) is 3.06. The number of allylic oxidation sites excluding steroid dienone is 2. The molecule has 0 bridgehead atoms. The van der Waals surface area contributed by atoms with Gasteiger partial charge in [0, 0.05) is 6.42 Å². The first-order chi connectivity index (χ1) is 14.2. The zero-order chi connectivity index (χ0) is 21.7. The van der Waals surface area contributed by atoms with E-state index in [1.165, 1.54) is 57.8 Å². The molecule has 3 saturated carbocycles. The highest BCUT2D eigenvalue weighted by atomic mass is 16.1. The lowest BCUT2D eigenvalue weighted by atomic mass is 9.45. The number of ketones is 1. The monoisotopic (exact) mass is 412 g/mol. The van der Waals surface area contributed by atoms with Gasteiger partial charge in [-0.25, -0.2) is 0 Å². The molecule has 3 unspecified atom stereocenters. The molecule has 1 heteroatoms. The van der Waals surface area contributed by atoms with Crippen LogP contribution in [-0.2, 0) is 4.79 Å². The molecule has 0 spiro atoms. The maximum Gasteiger partial charge on any atom is 0.155 e. The number of hydrogen-bond donors (Lipinski definition) is 0. The molecule has 3 fully saturated rings. The standard InChI is InChI=1S/C29H48O/c1-7-21(19(2)3)9-8-20(4)25-12-13-26-24-11-10-22-18-23(30)14-16-28(22,5)27(24)15-17-29(25,26)6/h14,16,19-22,24-27H,7-13,15,17-18H2,1-6H3/t20?,21?,22?,24-,25+,26-,27-,28-,29+/m0/s1. The molecule has 0 aliphatic heterocycles. The molecule has 0 saturated heterocycles. The van der Waals surface area contributed by atoms with Gasteiger partial charge >= 0.3 is 0 Å². The van der Waals surface area contributed by atoms with Crippen LogP contribution in [0.2, 0.25) is 0 Å². The van der Waals surface area contributed by atoms with Gasteiger partial charge in [0.05, 0.1) is 0 Å². The van der Waals surface area contributed by atoms with Crippen LogP contribution >= 0.6 is 0 Å². The molecule has 30 heavy (non-hydrogen) atoms. The Morgan fingerprint density at radius 1 is 1.00 bits per heavy atom. The fourth-order valence-electron chi connectivity index (χ4n) is 9.30. The van der Waals surface area contributed by atoms with E-state index in [2.05, 4.69) is 47.6 Å². The highest BCUT2D eigenvalue weighted by Crippen LogP contribution is 2.67. The van der Waals surface area contributed by atoms with Gasteiger partial charge in [-0.1, -0.05) is 60.5 Å². The second-order valence-corrected chi connectivity index (χ2v) is 12.7. The van der Waals surface area contributed by atoms with Crippen molar-refractivity contribution in [3.63, 3.8) is 0 Å². The van der Waals surface area contributed by atoms with Gasteiger partial charge in [-0.15, -0.1) is 0 Å². The summed E-state index contributed by atoms with van der Waals surface area (Å²) in [7, 11) is 0. The van der Waals surface area contributed by atoms with Gasteiger partial charge in [0.1, 0.15) is 0 Å². The second-order valence-electron chi connectivity index (χ2n) is 12.7. The smallest absolute Gasteiger partial charge is 0.155 e. The van der Waals surface area contributed by atoms with Crippen LogP contribution in [0.15, 0.2) is 12.2 Å². The number of rotatable bonds is 6. The van der Waals surface area contributed by atoms with Crippen LogP contribution in [0.5, 0.6) is 0 Å². The molecule has 0 aromatic carbocycles. The second kappa shape index (κ2) is 8.40. The minimum atomic E-state index is 0.285. The highest BCUT2D eigenvalue weighted by molar-refractivity contribution is 5.91. The summed E-state index contributed by atoms with van der Waals surface area (Å²) in [5.41, 5.74) is 0.852. The molecule has 0 aromatic heterocycles. The fraction of sp³-hybridized carbons (Fsp3) is 0.897. The first-order valence-electron chi connectivity index (χ1n) is 13.4. The molecule has 0 N–H and O–H groups in total. The summed E-state index contributed by atoms with van der Waals surface area (Å²) in [6.07, 6.45) is 17.7. The Morgan fingerprint density at radius 2 is 1.77 bits per heavy atom. The van der Waals surface area contributed by atoms with E-state index in [1.54, 1.807) is 0 Å². The summed E-state index contributed by atoms with van der Waals surface area (Å²) in [5, 5.41) is 0. The van der Waals surface area contributed by atoms with Gasteiger partial charge in [-0.05, 0) is 109 Å². The number of carbonyl (C=O) groups is 1. The maximum absolute atomic E-state index is 12.1. The van der Waals surface area contributed by atoms with Crippen LogP contribution < -0.4 is 0 Å². The van der Waals surface area contributed by atoms with Crippen LogP contribution in [0.3, 0.4) is 0 Å². The lowest BCUT2D eigenvalue weighted by Crippen LogP contribution is -2.52. The minimum Gasteiger partial charge on any atom is -0.295 e. The summed E-state index contributed by atoms with van der Waals surface area (Å²) in [4.78, 5) is 12.1. The van der Waals surface area contributed by atoms with Crippen LogP contribution in [-0.4, -0.2) is 5.78 Å². The molecular weight excluding hydrogens is 364 g/mol. The number of fused-ring (bicyclic) bond motifs is 5. The third-order valence-electron chi connectivity index (χ3n) is 11.3. The summed E-state index contributed by atoms with van der Waals surface area (Å²) in [6.45, 7) is 15.0. The zero-order valence-electron chi connectivity index (χ0n) is 20.8. The number of hydrogen-bond acceptors (Lipinski definition) is 1. The summed E-state index contributed by atoms with van der Waals surface area (Å²) >= 11 is 0. The molecule has 0 heterocycles. The van der Waals surface area contributed by atoms with E-state index in [4.69, 9.17) is 0 Å². The van der Waals surface area contributed by atoms with Crippen LogP contribution in [0.4, 0.5) is 0 Å². The minimum absolute atomic E-state index is 0.285. The van der Waals surface area contributed by atoms with E-state index in [1.807, 2.05) is 6.08 Å². The Kier molecular flexibility index (Phi) is 6.33. The van der Waals surface area contributed by atoms with E-state index in [0.29, 0.717) is 17.1 Å². The molecule has 4 aliphatic rings. The molecular formula is C29H48O. The van der Waals surface area contributed by atoms with Crippen molar-refractivity contribution in [1.82, 2.24) is 0 Å². The van der Waals surface area contributed by atoms with Crippen molar-refractivity contribution in [1.29, 1.82) is 0 Å². The normalized spacial score (nSPS) is 45.0. The third-order valence-corrected chi connectivity index (χ3v) is 11.3. The van der Waals surface area contributed by atoms with Gasteiger partial charge in [0.15, 0.2) is 5.78 Å². The van der Waals surface area contributed by atoms with Crippen molar-refractivity contribution < 1.29 is 4.79 Å². The van der Waals surface area contributed by atoms with E-state index < -0.39 is 0 Å². The summed E-state index contributed by atoms with van der Waals surface area (Å²) in [5.74, 6) is 7.18. The van der Waals surface area contributed by atoms with Gasteiger partial charge in [-0.3, -0.25) is 4.79 Å². The van der Waals surface area contributed by atoms with E-state index in [9.17, 15) is 4.79 Å². The SMILES string of the molecule is CCC(CCC(C)[C@H]1CC[C@H]2[C@@H]3CCC4CC(=O)C=C[C@]4(C)[C@H]3CC[C@]12C)C(C)C. The molecule has 4 aliphatic carbocycles. The first kappa shape index (κ1) is 22.6.